The van der Waals surface area contributed by atoms with Crippen molar-refractivity contribution in [1.29, 1.82) is 0 Å². The normalized spacial score (nSPS) is 17.9. The van der Waals surface area contributed by atoms with Crippen molar-refractivity contribution < 1.29 is 9.22 Å². The lowest BCUT2D eigenvalue weighted by Gasteiger charge is -2.40. The number of hydrogen-bond acceptors (Lipinski definition) is 2. The van der Waals surface area contributed by atoms with Gasteiger partial charge in [-0.15, -0.1) is 0 Å². The molecule has 1 atom stereocenters. The summed E-state index contributed by atoms with van der Waals surface area (Å²) in [4.78, 5) is 0. The van der Waals surface area contributed by atoms with Crippen LogP contribution in [0.5, 0.6) is 0 Å². The number of rotatable bonds is 5. The summed E-state index contributed by atoms with van der Waals surface area (Å²) >= 11 is 0. The Morgan fingerprint density at radius 1 is 0.838 bits per heavy atom. The summed E-state index contributed by atoms with van der Waals surface area (Å²) in [6.07, 6.45) is 6.21. The first-order valence-corrected chi connectivity index (χ1v) is 14.1. The molecule has 1 saturated heterocycles. The van der Waals surface area contributed by atoms with Gasteiger partial charge in [0.25, 0.3) is 0 Å². The van der Waals surface area contributed by atoms with Gasteiger partial charge in [0.05, 0.1) is 33.4 Å². The van der Waals surface area contributed by atoms with E-state index in [9.17, 15) is 0 Å². The van der Waals surface area contributed by atoms with Gasteiger partial charge in [0.2, 0.25) is 0 Å². The van der Waals surface area contributed by atoms with Gasteiger partial charge in [-0.1, -0.05) is 61.0 Å². The van der Waals surface area contributed by atoms with E-state index in [2.05, 4.69) is 101 Å². The third-order valence-electron chi connectivity index (χ3n) is 8.40. The first kappa shape index (κ1) is 27.4. The van der Waals surface area contributed by atoms with Crippen molar-refractivity contribution in [1.82, 2.24) is 0 Å². The zero-order chi connectivity index (χ0) is 26.4. The van der Waals surface area contributed by atoms with Crippen molar-refractivity contribution in [2.24, 2.45) is 5.92 Å². The fourth-order valence-electron chi connectivity index (χ4n) is 5.95. The number of nitrogens with one attached hydrogen (secondary N) is 1. The Morgan fingerprint density at radius 2 is 1.54 bits per heavy atom. The summed E-state index contributed by atoms with van der Waals surface area (Å²) in [5.41, 5.74) is 11.1. The van der Waals surface area contributed by atoms with Crippen LogP contribution in [-0.4, -0.2) is 44.9 Å². The molecule has 2 aliphatic rings. The standard InChI is InChI=1S/C18H20.C16H27N2O/c1-13-3-6-15(7-4-13)17-10-9-16-8-5-14(2)11-18(16)12-17;1-13-11-14(5-6-16(13)17-2)12-18(3,4)15-7-9-19-10-8-15/h3-4,6-7,9-10,12,14H,5,8,11H2,1-2H3;5-6,11,15,17H,7-10,12H2,1-4H3/q;+1. The van der Waals surface area contributed by atoms with Crippen molar-refractivity contribution >= 4 is 5.69 Å². The van der Waals surface area contributed by atoms with E-state index in [1.54, 1.807) is 11.1 Å². The lowest BCUT2D eigenvalue weighted by molar-refractivity contribution is -0.929. The number of fused-ring (bicyclic) bond motifs is 1. The smallest absolute Gasteiger partial charge is 0.104 e. The van der Waals surface area contributed by atoms with Crippen LogP contribution in [-0.2, 0) is 24.1 Å². The summed E-state index contributed by atoms with van der Waals surface area (Å²) in [6.45, 7) is 9.60. The molecule has 0 amide bonds. The van der Waals surface area contributed by atoms with E-state index >= 15 is 0 Å². The predicted octanol–water partition coefficient (Wildman–Crippen LogP) is 7.58. The monoisotopic (exact) mass is 499 g/mol. The van der Waals surface area contributed by atoms with Crippen molar-refractivity contribution in [2.75, 3.05) is 39.7 Å². The van der Waals surface area contributed by atoms with Crippen molar-refractivity contribution in [3.8, 4) is 11.1 Å². The van der Waals surface area contributed by atoms with Crippen LogP contribution in [0.1, 0.15) is 54.0 Å². The highest BCUT2D eigenvalue weighted by atomic mass is 16.5. The van der Waals surface area contributed by atoms with Crippen LogP contribution in [0.25, 0.3) is 11.1 Å². The van der Waals surface area contributed by atoms with Crippen molar-refractivity contribution in [2.45, 2.75) is 65.5 Å². The third kappa shape index (κ3) is 7.24. The average Bonchev–Trinajstić information content (AvgIpc) is 2.89. The van der Waals surface area contributed by atoms with Crippen LogP contribution in [0.2, 0.25) is 0 Å². The number of hydrogen-bond donors (Lipinski definition) is 1. The molecule has 0 bridgehead atoms. The summed E-state index contributed by atoms with van der Waals surface area (Å²) in [5, 5.41) is 3.23. The molecule has 0 spiro atoms. The zero-order valence-electron chi connectivity index (χ0n) is 23.9. The number of anilines is 1. The minimum absolute atomic E-state index is 0.720. The van der Waals surface area contributed by atoms with Crippen LogP contribution in [0.15, 0.2) is 60.7 Å². The average molecular weight is 500 g/mol. The molecule has 1 fully saturated rings. The topological polar surface area (TPSA) is 21.3 Å². The second-order valence-electron chi connectivity index (χ2n) is 11.9. The molecule has 1 aliphatic heterocycles. The van der Waals surface area contributed by atoms with E-state index in [0.29, 0.717) is 0 Å². The van der Waals surface area contributed by atoms with Crippen LogP contribution in [0.3, 0.4) is 0 Å². The molecule has 0 saturated carbocycles. The van der Waals surface area contributed by atoms with Crippen LogP contribution < -0.4 is 5.32 Å². The van der Waals surface area contributed by atoms with Gasteiger partial charge in [-0.2, -0.15) is 0 Å². The molecule has 0 radical (unpaired) electrons. The lowest BCUT2D eigenvalue weighted by Crippen LogP contribution is -2.50. The maximum atomic E-state index is 5.48. The van der Waals surface area contributed by atoms with Crippen LogP contribution in [0.4, 0.5) is 5.69 Å². The Labute approximate surface area is 225 Å². The molecule has 3 aromatic rings. The van der Waals surface area contributed by atoms with E-state index < -0.39 is 0 Å². The fraction of sp³-hybridized carbons (Fsp3) is 0.471. The van der Waals surface area contributed by atoms with Gasteiger partial charge >= 0.3 is 0 Å². The van der Waals surface area contributed by atoms with Gasteiger partial charge in [-0.05, 0) is 79.0 Å². The third-order valence-corrected chi connectivity index (χ3v) is 8.40. The Balaban J connectivity index is 0.000000173. The molecule has 1 heterocycles. The summed E-state index contributed by atoms with van der Waals surface area (Å²) < 4.78 is 6.53. The minimum Gasteiger partial charge on any atom is -0.388 e. The molecule has 1 N–H and O–H groups in total. The van der Waals surface area contributed by atoms with Crippen molar-refractivity contribution in [3.63, 3.8) is 0 Å². The van der Waals surface area contributed by atoms with Gasteiger partial charge in [0.15, 0.2) is 0 Å². The Bertz CT molecular complexity index is 1160. The summed E-state index contributed by atoms with van der Waals surface area (Å²) in [6, 6.07) is 23.3. The largest absolute Gasteiger partial charge is 0.388 e. The molecule has 5 rings (SSSR count). The highest BCUT2D eigenvalue weighted by molar-refractivity contribution is 5.65. The first-order chi connectivity index (χ1) is 17.7. The van der Waals surface area contributed by atoms with Gasteiger partial charge in [-0.3, -0.25) is 0 Å². The van der Waals surface area contributed by atoms with Gasteiger partial charge in [-0.25, -0.2) is 0 Å². The number of nitrogens with zero attached hydrogens (tertiary/aromatic N) is 1. The van der Waals surface area contributed by atoms with E-state index in [1.165, 1.54) is 65.6 Å². The second kappa shape index (κ2) is 12.3. The van der Waals surface area contributed by atoms with E-state index in [4.69, 9.17) is 4.74 Å². The quantitative estimate of drug-likeness (QED) is 0.365. The van der Waals surface area contributed by atoms with Gasteiger partial charge in [0, 0.05) is 31.1 Å². The number of aryl methyl sites for hydroxylation is 3. The SMILES string of the molecule is CNc1ccc(C[N+](C)(C)C2CCOCC2)cc1C.Cc1ccc(-c2ccc3c(c2)CC(C)CC3)cc1. The molecule has 0 aromatic heterocycles. The van der Waals surface area contributed by atoms with E-state index in [0.717, 1.165) is 36.2 Å². The highest BCUT2D eigenvalue weighted by Crippen LogP contribution is 2.30. The maximum Gasteiger partial charge on any atom is 0.104 e. The fourth-order valence-corrected chi connectivity index (χ4v) is 5.95. The van der Waals surface area contributed by atoms with E-state index in [-0.39, 0.29) is 0 Å². The number of quaternary nitrogens is 1. The molecule has 3 heteroatoms. The molecule has 3 nitrogen and oxygen atoms in total. The Morgan fingerprint density at radius 3 is 2.22 bits per heavy atom. The highest BCUT2D eigenvalue weighted by Gasteiger charge is 2.30. The summed E-state index contributed by atoms with van der Waals surface area (Å²) in [5.74, 6) is 0.839. The molecule has 37 heavy (non-hydrogen) atoms. The maximum absolute atomic E-state index is 5.48. The molecule has 3 aromatic carbocycles. The van der Waals surface area contributed by atoms with Crippen LogP contribution >= 0.6 is 0 Å². The summed E-state index contributed by atoms with van der Waals surface area (Å²) in [7, 11) is 6.67. The Hall–Kier alpha value is -2.62. The number of ether oxygens (including phenoxy) is 1. The zero-order valence-corrected chi connectivity index (χ0v) is 23.9. The minimum atomic E-state index is 0.720. The van der Waals surface area contributed by atoms with E-state index in [1.807, 2.05) is 7.05 Å². The van der Waals surface area contributed by atoms with Gasteiger partial charge in [0.1, 0.15) is 6.54 Å². The van der Waals surface area contributed by atoms with Crippen molar-refractivity contribution in [3.05, 3.63) is 88.5 Å². The van der Waals surface area contributed by atoms with Gasteiger partial charge < -0.3 is 14.5 Å². The molecular formula is C34H47N2O+. The Kier molecular flexibility index (Phi) is 9.10. The first-order valence-electron chi connectivity index (χ1n) is 14.1. The molecule has 1 unspecified atom stereocenters. The molecule has 198 valence electrons. The second-order valence-corrected chi connectivity index (χ2v) is 11.9. The molecule has 1 aliphatic carbocycles. The number of benzene rings is 3. The molecular weight excluding hydrogens is 452 g/mol. The lowest BCUT2D eigenvalue weighted by atomic mass is 9.83. The predicted molar refractivity (Wildman–Crippen MR) is 158 cm³/mol. The van der Waals surface area contributed by atoms with Crippen LogP contribution in [0, 0.1) is 19.8 Å².